The second-order valence-electron chi connectivity index (χ2n) is 5.38. The summed E-state index contributed by atoms with van der Waals surface area (Å²) in [5.74, 6) is -3.50. The van der Waals surface area contributed by atoms with E-state index in [2.05, 4.69) is 0 Å². The van der Waals surface area contributed by atoms with E-state index in [1.807, 2.05) is 5.32 Å². The summed E-state index contributed by atoms with van der Waals surface area (Å²) in [4.78, 5) is 25.0. The van der Waals surface area contributed by atoms with Gasteiger partial charge in [0, 0.05) is 13.1 Å². The van der Waals surface area contributed by atoms with E-state index in [4.69, 9.17) is 0 Å². The molecular weight excluding hydrogens is 330 g/mol. The maximum atomic E-state index is 13.4. The van der Waals surface area contributed by atoms with Crippen LogP contribution in [-0.2, 0) is 19.4 Å². The van der Waals surface area contributed by atoms with Gasteiger partial charge in [0.05, 0.1) is 11.5 Å². The minimum absolute atomic E-state index is 0.00191. The minimum atomic E-state index is -3.16. The van der Waals surface area contributed by atoms with Crippen LogP contribution in [0.2, 0.25) is 0 Å². The standard InChI is InChI=1S/C14H16F2N2O4S/c1-18(9-5-6-23(21,22)8-9)13(20)7-12(19)17-14-10(15)3-2-4-11(14)16/h2-4,9H,5-8H2,1H3,(H,17,19). The van der Waals surface area contributed by atoms with Crippen molar-refractivity contribution in [2.45, 2.75) is 18.9 Å². The van der Waals surface area contributed by atoms with Crippen LogP contribution in [0.1, 0.15) is 12.8 Å². The molecule has 126 valence electrons. The summed E-state index contributed by atoms with van der Waals surface area (Å²) in [6.45, 7) is 0. The maximum Gasteiger partial charge on any atom is 0.233 e. The van der Waals surface area contributed by atoms with Gasteiger partial charge in [-0.2, -0.15) is 0 Å². The van der Waals surface area contributed by atoms with Gasteiger partial charge >= 0.3 is 0 Å². The zero-order valence-electron chi connectivity index (χ0n) is 12.4. The summed E-state index contributed by atoms with van der Waals surface area (Å²) in [6.07, 6.45) is -0.311. The van der Waals surface area contributed by atoms with Crippen LogP contribution in [0.25, 0.3) is 0 Å². The predicted molar refractivity (Wildman–Crippen MR) is 79.4 cm³/mol. The number of benzene rings is 1. The Bertz CT molecular complexity index is 716. The first kappa shape index (κ1) is 17.3. The monoisotopic (exact) mass is 346 g/mol. The van der Waals surface area contributed by atoms with Crippen molar-refractivity contribution in [1.82, 2.24) is 4.90 Å². The van der Waals surface area contributed by atoms with Crippen molar-refractivity contribution in [2.24, 2.45) is 0 Å². The number of nitrogens with zero attached hydrogens (tertiary/aromatic N) is 1. The number of anilines is 1. The highest BCUT2D eigenvalue weighted by Gasteiger charge is 2.33. The van der Waals surface area contributed by atoms with E-state index in [1.54, 1.807) is 0 Å². The number of hydrogen-bond acceptors (Lipinski definition) is 4. The zero-order chi connectivity index (χ0) is 17.2. The van der Waals surface area contributed by atoms with Crippen LogP contribution in [0.4, 0.5) is 14.5 Å². The lowest BCUT2D eigenvalue weighted by Crippen LogP contribution is -2.39. The van der Waals surface area contributed by atoms with E-state index in [9.17, 15) is 26.8 Å². The molecule has 23 heavy (non-hydrogen) atoms. The molecule has 0 radical (unpaired) electrons. The number of hydrogen-bond donors (Lipinski definition) is 1. The fourth-order valence-electron chi connectivity index (χ4n) is 2.35. The topological polar surface area (TPSA) is 83.6 Å². The first-order valence-corrected chi connectivity index (χ1v) is 8.71. The predicted octanol–water partition coefficient (Wildman–Crippen LogP) is 0.939. The van der Waals surface area contributed by atoms with E-state index in [-0.39, 0.29) is 11.5 Å². The molecule has 1 heterocycles. The van der Waals surface area contributed by atoms with Crippen LogP contribution in [0.5, 0.6) is 0 Å². The van der Waals surface area contributed by atoms with Gasteiger partial charge in [-0.3, -0.25) is 9.59 Å². The summed E-state index contributed by atoms with van der Waals surface area (Å²) in [7, 11) is -1.75. The number of halogens is 2. The molecule has 1 aromatic rings. The highest BCUT2D eigenvalue weighted by atomic mass is 32.2. The van der Waals surface area contributed by atoms with E-state index < -0.39 is 51.4 Å². The molecule has 2 rings (SSSR count). The second kappa shape index (κ2) is 6.61. The smallest absolute Gasteiger partial charge is 0.233 e. The second-order valence-corrected chi connectivity index (χ2v) is 7.61. The number of carbonyl (C=O) groups excluding carboxylic acids is 2. The lowest BCUT2D eigenvalue weighted by Gasteiger charge is -2.23. The van der Waals surface area contributed by atoms with Crippen molar-refractivity contribution >= 4 is 27.3 Å². The Hall–Kier alpha value is -2.03. The molecule has 1 unspecified atom stereocenters. The van der Waals surface area contributed by atoms with Crippen molar-refractivity contribution in [1.29, 1.82) is 0 Å². The average Bonchev–Trinajstić information content (AvgIpc) is 2.82. The van der Waals surface area contributed by atoms with Gasteiger partial charge in [0.2, 0.25) is 11.8 Å². The third-order valence-electron chi connectivity index (χ3n) is 3.69. The third kappa shape index (κ3) is 4.25. The molecule has 1 aliphatic heterocycles. The van der Waals surface area contributed by atoms with Gasteiger partial charge < -0.3 is 10.2 Å². The van der Waals surface area contributed by atoms with Gasteiger partial charge in [0.25, 0.3) is 0 Å². The fourth-order valence-corrected chi connectivity index (χ4v) is 4.12. The molecule has 0 aromatic heterocycles. The Labute approximate surface area is 132 Å². The van der Waals surface area contributed by atoms with Crippen LogP contribution in [0.3, 0.4) is 0 Å². The molecule has 1 fully saturated rings. The van der Waals surface area contributed by atoms with E-state index in [0.29, 0.717) is 6.42 Å². The molecule has 0 aliphatic carbocycles. The van der Waals surface area contributed by atoms with Crippen LogP contribution >= 0.6 is 0 Å². The fraction of sp³-hybridized carbons (Fsp3) is 0.429. The van der Waals surface area contributed by atoms with E-state index in [1.165, 1.54) is 11.9 Å². The van der Waals surface area contributed by atoms with Crippen LogP contribution < -0.4 is 5.32 Å². The van der Waals surface area contributed by atoms with Gasteiger partial charge in [0.15, 0.2) is 9.84 Å². The van der Waals surface area contributed by atoms with Crippen molar-refractivity contribution in [3.63, 3.8) is 0 Å². The first-order chi connectivity index (χ1) is 10.7. The SMILES string of the molecule is CN(C(=O)CC(=O)Nc1c(F)cccc1F)C1CCS(=O)(=O)C1. The van der Waals surface area contributed by atoms with E-state index >= 15 is 0 Å². The average molecular weight is 346 g/mol. The van der Waals surface area contributed by atoms with Gasteiger partial charge in [0.1, 0.15) is 23.7 Å². The van der Waals surface area contributed by atoms with Crippen LogP contribution in [-0.4, -0.2) is 49.7 Å². The number of carbonyl (C=O) groups is 2. The highest BCUT2D eigenvalue weighted by molar-refractivity contribution is 7.91. The molecule has 6 nitrogen and oxygen atoms in total. The Kier molecular flexibility index (Phi) is 4.98. The molecule has 2 amide bonds. The molecule has 1 saturated heterocycles. The molecule has 0 bridgehead atoms. The number of nitrogens with one attached hydrogen (secondary N) is 1. The third-order valence-corrected chi connectivity index (χ3v) is 5.44. The van der Waals surface area contributed by atoms with Gasteiger partial charge in [-0.25, -0.2) is 17.2 Å². The van der Waals surface area contributed by atoms with E-state index in [0.717, 1.165) is 18.2 Å². The Balaban J connectivity index is 1.96. The Morgan fingerprint density at radius 3 is 2.43 bits per heavy atom. The van der Waals surface area contributed by atoms with Crippen molar-refractivity contribution in [2.75, 3.05) is 23.9 Å². The van der Waals surface area contributed by atoms with Gasteiger partial charge in [-0.05, 0) is 18.6 Å². The van der Waals surface area contributed by atoms with Crippen LogP contribution in [0, 0.1) is 11.6 Å². The Morgan fingerprint density at radius 2 is 1.91 bits per heavy atom. The zero-order valence-corrected chi connectivity index (χ0v) is 13.2. The molecule has 1 N–H and O–H groups in total. The maximum absolute atomic E-state index is 13.4. The quantitative estimate of drug-likeness (QED) is 0.823. The molecule has 0 spiro atoms. The summed E-state index contributed by atoms with van der Waals surface area (Å²) < 4.78 is 49.7. The minimum Gasteiger partial charge on any atom is -0.341 e. The number of para-hydroxylation sites is 1. The summed E-state index contributed by atoms with van der Waals surface area (Å²) in [5, 5.41) is 2.02. The van der Waals surface area contributed by atoms with Crippen molar-refractivity contribution < 1.29 is 26.8 Å². The summed E-state index contributed by atoms with van der Waals surface area (Å²) in [6, 6.07) is 2.64. The first-order valence-electron chi connectivity index (χ1n) is 6.89. The molecular formula is C14H16F2N2O4S. The van der Waals surface area contributed by atoms with Gasteiger partial charge in [-0.1, -0.05) is 6.07 Å². The van der Waals surface area contributed by atoms with Crippen molar-refractivity contribution in [3.8, 4) is 0 Å². The van der Waals surface area contributed by atoms with Crippen molar-refractivity contribution in [3.05, 3.63) is 29.8 Å². The molecule has 1 aromatic carbocycles. The molecule has 1 aliphatic rings. The Morgan fingerprint density at radius 1 is 1.30 bits per heavy atom. The molecule has 0 saturated carbocycles. The molecule has 9 heteroatoms. The lowest BCUT2D eigenvalue weighted by molar-refractivity contribution is -0.134. The summed E-state index contributed by atoms with van der Waals surface area (Å²) >= 11 is 0. The largest absolute Gasteiger partial charge is 0.341 e. The van der Waals surface area contributed by atoms with Gasteiger partial charge in [-0.15, -0.1) is 0 Å². The normalized spacial score (nSPS) is 19.3. The lowest BCUT2D eigenvalue weighted by atomic mass is 10.2. The number of rotatable bonds is 4. The van der Waals surface area contributed by atoms with Crippen LogP contribution in [0.15, 0.2) is 18.2 Å². The number of amides is 2. The molecule has 1 atom stereocenters. The number of sulfone groups is 1. The summed E-state index contributed by atoms with van der Waals surface area (Å²) in [5.41, 5.74) is -0.614. The highest BCUT2D eigenvalue weighted by Crippen LogP contribution is 2.19.